The van der Waals surface area contributed by atoms with Crippen LogP contribution in [0.3, 0.4) is 0 Å². The Labute approximate surface area is 70.5 Å². The molecule has 12 heavy (non-hydrogen) atoms. The van der Waals surface area contributed by atoms with E-state index in [1.54, 1.807) is 6.92 Å². The van der Waals surface area contributed by atoms with Crippen molar-refractivity contribution in [1.29, 1.82) is 0 Å². The highest BCUT2D eigenvalue weighted by molar-refractivity contribution is 7.33. The van der Waals surface area contributed by atoms with Gasteiger partial charge in [-0.1, -0.05) is 0 Å². The molecule has 5 nitrogen and oxygen atoms in total. The highest BCUT2D eigenvalue weighted by Crippen LogP contribution is 2.28. The summed E-state index contributed by atoms with van der Waals surface area (Å²) in [5, 5.41) is 0. The average Bonchev–Trinajstić information content (AvgIpc) is 2.06. The lowest BCUT2D eigenvalue weighted by molar-refractivity contribution is 0.128. The van der Waals surface area contributed by atoms with Crippen molar-refractivity contribution in [2.75, 3.05) is 6.61 Å². The minimum Gasteiger partial charge on any atom is -0.462 e. The fourth-order valence-electron chi connectivity index (χ4n) is 0.527. The summed E-state index contributed by atoms with van der Waals surface area (Å²) in [6.45, 7) is 2.06. The summed E-state index contributed by atoms with van der Waals surface area (Å²) in [7, 11) is -2.50. The molecule has 0 saturated carbocycles. The molecule has 68 valence electrons. The predicted octanol–water partition coefficient (Wildman–Crippen LogP) is 1.75. The van der Waals surface area contributed by atoms with E-state index >= 15 is 0 Å². The van der Waals surface area contributed by atoms with Crippen LogP contribution in [-0.2, 0) is 23.1 Å². The SMILES string of the molecule is CCO[PH](=O)OC1=COC=CO1. The van der Waals surface area contributed by atoms with Gasteiger partial charge >= 0.3 is 14.2 Å². The molecule has 0 fully saturated rings. The Morgan fingerprint density at radius 2 is 2.42 bits per heavy atom. The van der Waals surface area contributed by atoms with E-state index in [9.17, 15) is 4.57 Å². The van der Waals surface area contributed by atoms with Crippen molar-refractivity contribution < 1.29 is 23.1 Å². The molecule has 6 heteroatoms. The zero-order valence-electron chi connectivity index (χ0n) is 6.48. The standard InChI is InChI=1S/C6H9O5P/c1-2-10-12(7)11-6-5-8-3-4-9-6/h3-5,12H,2H2,1H3. The zero-order valence-corrected chi connectivity index (χ0v) is 7.48. The van der Waals surface area contributed by atoms with Crippen LogP contribution in [0.15, 0.2) is 24.7 Å². The van der Waals surface area contributed by atoms with Gasteiger partial charge in [0.1, 0.15) is 12.5 Å². The Kier molecular flexibility index (Phi) is 3.70. The second-order valence-electron chi connectivity index (χ2n) is 1.75. The third-order valence-corrected chi connectivity index (χ3v) is 1.82. The lowest BCUT2D eigenvalue weighted by Gasteiger charge is -2.09. The van der Waals surface area contributed by atoms with Gasteiger partial charge in [0.2, 0.25) is 0 Å². The van der Waals surface area contributed by atoms with E-state index in [-0.39, 0.29) is 5.95 Å². The van der Waals surface area contributed by atoms with Gasteiger partial charge in [0.05, 0.1) is 6.61 Å². The molecular formula is C6H9O5P. The van der Waals surface area contributed by atoms with Gasteiger partial charge in [-0.3, -0.25) is 0 Å². The van der Waals surface area contributed by atoms with Gasteiger partial charge in [0, 0.05) is 0 Å². The van der Waals surface area contributed by atoms with Crippen molar-refractivity contribution in [3.05, 3.63) is 24.7 Å². The van der Waals surface area contributed by atoms with Crippen LogP contribution in [0, 0.1) is 0 Å². The maximum Gasteiger partial charge on any atom is 0.370 e. The molecule has 0 bridgehead atoms. The highest BCUT2D eigenvalue weighted by atomic mass is 31.1. The van der Waals surface area contributed by atoms with E-state index in [0.29, 0.717) is 6.61 Å². The van der Waals surface area contributed by atoms with Crippen molar-refractivity contribution in [1.82, 2.24) is 0 Å². The van der Waals surface area contributed by atoms with Gasteiger partial charge in [-0.2, -0.15) is 0 Å². The molecule has 1 atom stereocenters. The molecule has 1 unspecified atom stereocenters. The summed E-state index contributed by atoms with van der Waals surface area (Å²) in [5.41, 5.74) is 0. The Hall–Kier alpha value is -0.930. The number of rotatable bonds is 4. The second-order valence-corrected chi connectivity index (χ2v) is 2.74. The molecule has 0 amide bonds. The summed E-state index contributed by atoms with van der Waals surface area (Å²) in [4.78, 5) is 0. The third-order valence-electron chi connectivity index (χ3n) is 0.929. The van der Waals surface area contributed by atoms with Crippen molar-refractivity contribution in [2.24, 2.45) is 0 Å². The largest absolute Gasteiger partial charge is 0.462 e. The molecule has 0 saturated heterocycles. The number of hydrogen-bond acceptors (Lipinski definition) is 5. The normalized spacial score (nSPS) is 17.2. The minimum atomic E-state index is -2.50. The molecular weight excluding hydrogens is 183 g/mol. The molecule has 0 spiro atoms. The molecule has 1 aliphatic heterocycles. The molecule has 0 N–H and O–H groups in total. The average molecular weight is 192 g/mol. The Balaban J connectivity index is 2.30. The first kappa shape index (κ1) is 9.16. The molecule has 0 aromatic carbocycles. The van der Waals surface area contributed by atoms with E-state index in [0.717, 1.165) is 0 Å². The molecule has 1 heterocycles. The van der Waals surface area contributed by atoms with Gasteiger partial charge in [0.15, 0.2) is 6.26 Å². The smallest absolute Gasteiger partial charge is 0.370 e. The molecule has 1 rings (SSSR count). The van der Waals surface area contributed by atoms with Gasteiger partial charge in [-0.25, -0.2) is 4.57 Å². The van der Waals surface area contributed by atoms with Crippen molar-refractivity contribution in [3.63, 3.8) is 0 Å². The van der Waals surface area contributed by atoms with Gasteiger partial charge in [0.25, 0.3) is 0 Å². The van der Waals surface area contributed by atoms with Gasteiger partial charge in [-0.15, -0.1) is 0 Å². The summed E-state index contributed by atoms with van der Waals surface area (Å²) in [6, 6.07) is 0. The summed E-state index contributed by atoms with van der Waals surface area (Å²) < 4.78 is 29.7. The van der Waals surface area contributed by atoms with E-state index in [2.05, 4.69) is 4.52 Å². The van der Waals surface area contributed by atoms with Crippen LogP contribution in [0.25, 0.3) is 0 Å². The minimum absolute atomic E-state index is 0.0369. The van der Waals surface area contributed by atoms with E-state index in [1.165, 1.54) is 18.8 Å². The molecule has 0 aromatic rings. The van der Waals surface area contributed by atoms with Gasteiger partial charge < -0.3 is 18.5 Å². The fourth-order valence-corrected chi connectivity index (χ4v) is 1.08. The molecule has 1 aliphatic rings. The summed E-state index contributed by atoms with van der Waals surface area (Å²) in [5.74, 6) is 0.0369. The predicted molar refractivity (Wildman–Crippen MR) is 41.1 cm³/mol. The lowest BCUT2D eigenvalue weighted by Crippen LogP contribution is -1.93. The maximum absolute atomic E-state index is 10.9. The zero-order chi connectivity index (χ0) is 8.81. The highest BCUT2D eigenvalue weighted by Gasteiger charge is 2.06. The summed E-state index contributed by atoms with van der Waals surface area (Å²) in [6.07, 6.45) is 3.79. The van der Waals surface area contributed by atoms with Crippen molar-refractivity contribution in [3.8, 4) is 0 Å². The van der Waals surface area contributed by atoms with E-state index < -0.39 is 8.25 Å². The number of ether oxygens (including phenoxy) is 2. The van der Waals surface area contributed by atoms with E-state index in [1.807, 2.05) is 0 Å². The number of hydrogen-bond donors (Lipinski definition) is 0. The molecule has 0 aromatic heterocycles. The lowest BCUT2D eigenvalue weighted by atomic mass is 10.9. The molecule has 0 radical (unpaired) electrons. The van der Waals surface area contributed by atoms with Crippen LogP contribution in [0.2, 0.25) is 0 Å². The Morgan fingerprint density at radius 3 is 3.00 bits per heavy atom. The van der Waals surface area contributed by atoms with E-state index in [4.69, 9.17) is 14.0 Å². The topological polar surface area (TPSA) is 54.0 Å². The fraction of sp³-hybridized carbons (Fsp3) is 0.333. The Morgan fingerprint density at radius 1 is 1.58 bits per heavy atom. The first-order valence-electron chi connectivity index (χ1n) is 3.35. The third kappa shape index (κ3) is 2.98. The monoisotopic (exact) mass is 192 g/mol. The first-order valence-corrected chi connectivity index (χ1v) is 4.57. The van der Waals surface area contributed by atoms with Crippen LogP contribution < -0.4 is 0 Å². The van der Waals surface area contributed by atoms with Gasteiger partial charge in [-0.05, 0) is 6.92 Å². The van der Waals surface area contributed by atoms with Crippen LogP contribution in [0.1, 0.15) is 6.92 Å². The van der Waals surface area contributed by atoms with Crippen molar-refractivity contribution in [2.45, 2.75) is 6.92 Å². The second kappa shape index (κ2) is 4.85. The summed E-state index contributed by atoms with van der Waals surface area (Å²) >= 11 is 0. The van der Waals surface area contributed by atoms with Crippen LogP contribution >= 0.6 is 8.25 Å². The molecule has 0 aliphatic carbocycles. The Bertz CT molecular complexity index is 222. The van der Waals surface area contributed by atoms with Crippen LogP contribution in [0.5, 0.6) is 0 Å². The maximum atomic E-state index is 10.9. The quantitative estimate of drug-likeness (QED) is 0.635. The van der Waals surface area contributed by atoms with Crippen LogP contribution in [-0.4, -0.2) is 6.61 Å². The van der Waals surface area contributed by atoms with Crippen LogP contribution in [0.4, 0.5) is 0 Å². The first-order chi connectivity index (χ1) is 5.83. The van der Waals surface area contributed by atoms with Crippen molar-refractivity contribution >= 4 is 8.25 Å².